The number of aryl methyl sites for hydroxylation is 1. The van der Waals surface area contributed by atoms with Gasteiger partial charge >= 0.3 is 0 Å². The van der Waals surface area contributed by atoms with Gasteiger partial charge in [0.15, 0.2) is 0 Å². The molecule has 0 unspecified atom stereocenters. The van der Waals surface area contributed by atoms with Gasteiger partial charge in [-0.15, -0.1) is 6.58 Å². The fourth-order valence-corrected chi connectivity index (χ4v) is 2.85. The van der Waals surface area contributed by atoms with Crippen LogP contribution in [0.5, 0.6) is 5.75 Å². The molecule has 0 amide bonds. The van der Waals surface area contributed by atoms with Gasteiger partial charge in [-0.3, -0.25) is 0 Å². The monoisotopic (exact) mass is 414 g/mol. The summed E-state index contributed by atoms with van der Waals surface area (Å²) >= 11 is 11.4. The molecule has 1 heterocycles. The molecule has 3 N–H and O–H groups in total. The second-order valence-corrected chi connectivity index (χ2v) is 6.67. The predicted octanol–water partition coefficient (Wildman–Crippen LogP) is 2.48. The van der Waals surface area contributed by atoms with E-state index in [9.17, 15) is 8.42 Å². The molecule has 0 fully saturated rings. The molecule has 2 aromatic rings. The van der Waals surface area contributed by atoms with E-state index in [0.717, 1.165) is 11.6 Å². The first-order valence-corrected chi connectivity index (χ1v) is 8.55. The topological polar surface area (TPSA) is 106 Å². The summed E-state index contributed by atoms with van der Waals surface area (Å²) in [6.07, 6.45) is 3.63. The maximum absolute atomic E-state index is 10.9. The molecular formula is C14H15Cl2KN3O3S. The van der Waals surface area contributed by atoms with Gasteiger partial charge in [-0.2, -0.15) is 0 Å². The van der Waals surface area contributed by atoms with Gasteiger partial charge in [0.2, 0.25) is 10.0 Å². The van der Waals surface area contributed by atoms with Crippen LogP contribution in [0.4, 0.5) is 0 Å². The van der Waals surface area contributed by atoms with Gasteiger partial charge in [-0.1, -0.05) is 35.3 Å². The minimum atomic E-state index is -3.72. The van der Waals surface area contributed by atoms with E-state index in [0.29, 0.717) is 22.3 Å². The summed E-state index contributed by atoms with van der Waals surface area (Å²) in [6, 6.07) is 4.03. The van der Waals surface area contributed by atoms with Crippen molar-refractivity contribution in [3.63, 3.8) is 0 Å². The minimum absolute atomic E-state index is 0. The first-order chi connectivity index (χ1) is 10.7. The minimum Gasteiger partial charge on any atom is -0.508 e. The van der Waals surface area contributed by atoms with Crippen LogP contribution in [-0.2, 0) is 16.4 Å². The van der Waals surface area contributed by atoms with Crippen LogP contribution in [0.2, 0.25) is 10.3 Å². The van der Waals surface area contributed by atoms with Gasteiger partial charge in [0, 0.05) is 63.0 Å². The predicted molar refractivity (Wildman–Crippen MR) is 95.9 cm³/mol. The van der Waals surface area contributed by atoms with Crippen LogP contribution in [-0.4, -0.2) is 74.9 Å². The molecule has 1 aromatic carbocycles. The number of hydrogen-bond donors (Lipinski definition) is 2. The smallest absolute Gasteiger partial charge is 0.238 e. The van der Waals surface area contributed by atoms with Crippen LogP contribution in [0, 0.1) is 6.92 Å². The molecule has 125 valence electrons. The number of allylic oxidation sites excluding steroid dienone is 1. The zero-order chi connectivity index (χ0) is 17.6. The molecule has 2 rings (SSSR count). The molecule has 6 nitrogen and oxygen atoms in total. The molecule has 0 saturated carbocycles. The van der Waals surface area contributed by atoms with Crippen molar-refractivity contribution in [2.45, 2.75) is 18.2 Å². The maximum atomic E-state index is 10.9. The van der Waals surface area contributed by atoms with Crippen molar-refractivity contribution in [1.29, 1.82) is 0 Å². The molecule has 1 radical (unpaired) electrons. The normalized spacial score (nSPS) is 10.2. The van der Waals surface area contributed by atoms with Crippen molar-refractivity contribution in [2.75, 3.05) is 0 Å². The van der Waals surface area contributed by atoms with Crippen LogP contribution in [0.3, 0.4) is 0 Å². The molecule has 0 aliphatic rings. The Morgan fingerprint density at radius 3 is 2.25 bits per heavy atom. The third kappa shape index (κ3) is 7.46. The molecular weight excluding hydrogens is 400 g/mol. The zero-order valence-electron chi connectivity index (χ0n) is 13.2. The Labute approximate surface area is 193 Å². The van der Waals surface area contributed by atoms with E-state index in [2.05, 4.69) is 16.5 Å². The van der Waals surface area contributed by atoms with Crippen molar-refractivity contribution in [2.24, 2.45) is 5.14 Å². The number of hydrogen-bond acceptors (Lipinski definition) is 5. The van der Waals surface area contributed by atoms with E-state index in [-0.39, 0.29) is 62.0 Å². The summed E-state index contributed by atoms with van der Waals surface area (Å²) < 4.78 is 21.7. The van der Waals surface area contributed by atoms with Crippen LogP contribution >= 0.6 is 23.2 Å². The average Bonchev–Trinajstić information content (AvgIpc) is 2.45. The number of aromatic hydroxyl groups is 1. The first-order valence-electron chi connectivity index (χ1n) is 6.25. The number of nitrogens with zero attached hydrogens (tertiary/aromatic N) is 2. The fourth-order valence-electron chi connectivity index (χ4n) is 1.58. The van der Waals surface area contributed by atoms with Crippen LogP contribution in [0.1, 0.15) is 11.1 Å². The molecule has 0 aliphatic heterocycles. The van der Waals surface area contributed by atoms with E-state index < -0.39 is 10.0 Å². The number of aromatic nitrogens is 2. The summed E-state index contributed by atoms with van der Waals surface area (Å²) in [4.78, 5) is 7.52. The van der Waals surface area contributed by atoms with Gasteiger partial charge in [-0.05, 0) is 25.0 Å². The van der Waals surface area contributed by atoms with Crippen molar-refractivity contribution in [3.8, 4) is 5.75 Å². The van der Waals surface area contributed by atoms with Crippen LogP contribution < -0.4 is 5.14 Å². The molecule has 24 heavy (non-hydrogen) atoms. The number of rotatable bonds is 3. The standard InChI is InChI=1S/C7H6Cl2N2.C7H9NO3S.K/c1-2-3-5-6(8)10-4-11-7(5)9;1-5-2-3-6(9)4-7(5)12(8,10)11;/h2,4H,1,3H2;2-4,9H,1H3,(H2,8,10,11);. The number of phenolic OH excluding ortho intramolecular Hbond substituents is 1. The summed E-state index contributed by atoms with van der Waals surface area (Å²) in [6.45, 7) is 5.18. The van der Waals surface area contributed by atoms with Gasteiger partial charge < -0.3 is 5.11 Å². The van der Waals surface area contributed by atoms with E-state index >= 15 is 0 Å². The number of sulfonamides is 1. The van der Waals surface area contributed by atoms with Gasteiger partial charge in [0.05, 0.1) is 4.90 Å². The Morgan fingerprint density at radius 2 is 1.83 bits per heavy atom. The van der Waals surface area contributed by atoms with Crippen molar-refractivity contribution < 1.29 is 13.5 Å². The van der Waals surface area contributed by atoms with Crippen LogP contribution in [0.25, 0.3) is 0 Å². The largest absolute Gasteiger partial charge is 0.508 e. The third-order valence-electron chi connectivity index (χ3n) is 2.67. The summed E-state index contributed by atoms with van der Waals surface area (Å²) in [7, 11) is -3.72. The quantitative estimate of drug-likeness (QED) is 0.455. The molecule has 0 spiro atoms. The van der Waals surface area contributed by atoms with Gasteiger partial charge in [0.1, 0.15) is 22.4 Å². The second kappa shape index (κ2) is 10.8. The molecule has 0 saturated heterocycles. The molecule has 0 aliphatic carbocycles. The molecule has 0 bridgehead atoms. The Bertz CT molecular complexity index is 797. The number of phenols is 1. The van der Waals surface area contributed by atoms with E-state index in [4.69, 9.17) is 33.4 Å². The van der Waals surface area contributed by atoms with E-state index in [1.807, 2.05) is 0 Å². The Balaban J connectivity index is 0.000000425. The van der Waals surface area contributed by atoms with Gasteiger partial charge in [-0.25, -0.2) is 23.5 Å². The van der Waals surface area contributed by atoms with Gasteiger partial charge in [0.25, 0.3) is 0 Å². The van der Waals surface area contributed by atoms with E-state index in [1.54, 1.807) is 13.0 Å². The van der Waals surface area contributed by atoms with Crippen molar-refractivity contribution in [1.82, 2.24) is 9.97 Å². The number of nitrogens with two attached hydrogens (primary N) is 1. The number of primary sulfonamides is 1. The average molecular weight is 415 g/mol. The zero-order valence-corrected chi connectivity index (χ0v) is 18.7. The second-order valence-electron chi connectivity index (χ2n) is 4.42. The summed E-state index contributed by atoms with van der Waals surface area (Å²) in [5.41, 5.74) is 1.25. The fraction of sp³-hybridized carbons (Fsp3) is 0.143. The Hall–Kier alpha value is -0.0336. The van der Waals surface area contributed by atoms with E-state index in [1.165, 1.54) is 18.5 Å². The maximum Gasteiger partial charge on any atom is 0.238 e. The number of benzene rings is 1. The van der Waals surface area contributed by atoms with Crippen LogP contribution in [0.15, 0.2) is 42.1 Å². The molecule has 1 aromatic heterocycles. The third-order valence-corrected chi connectivity index (χ3v) is 4.37. The number of halogens is 2. The molecule has 0 atom stereocenters. The Kier molecular flexibility index (Phi) is 10.8. The summed E-state index contributed by atoms with van der Waals surface area (Å²) in [5, 5.41) is 14.7. The Morgan fingerprint density at radius 1 is 1.29 bits per heavy atom. The van der Waals surface area contributed by atoms with Crippen molar-refractivity contribution >= 4 is 84.6 Å². The molecule has 10 heteroatoms. The summed E-state index contributed by atoms with van der Waals surface area (Å²) in [5.74, 6) is -0.107. The van der Waals surface area contributed by atoms with Crippen molar-refractivity contribution in [3.05, 3.63) is 58.6 Å². The first kappa shape index (κ1) is 24.0. The SMILES string of the molecule is C=CCc1c(Cl)ncnc1Cl.Cc1ccc(O)cc1S(N)(=O)=O.[K].